The van der Waals surface area contributed by atoms with Gasteiger partial charge in [-0.2, -0.15) is 10.3 Å². The largest absolute Gasteiger partial charge is 0.479 e. The number of nitrogens with zero attached hydrogens (tertiary/aromatic N) is 7. The van der Waals surface area contributed by atoms with E-state index < -0.39 is 35.6 Å². The molecule has 3 rings (SSSR count). The molecule has 0 aromatic carbocycles. The average molecular weight is 511 g/mol. The van der Waals surface area contributed by atoms with Gasteiger partial charge in [0.15, 0.2) is 28.6 Å². The number of β-lactam (4-membered cyclic amide) rings is 1. The first-order chi connectivity index (χ1) is 16.4. The molecule has 1 saturated heterocycles. The number of tetrazole rings is 1. The maximum atomic E-state index is 13.1. The van der Waals surface area contributed by atoms with Crippen LogP contribution in [0.4, 0.5) is 5.13 Å². The summed E-state index contributed by atoms with van der Waals surface area (Å²) in [5.41, 5.74) is 17.3. The lowest BCUT2D eigenvalue weighted by atomic mass is 9.95. The van der Waals surface area contributed by atoms with Crippen LogP contribution in [0.15, 0.2) is 10.4 Å². The number of aromatic nitrogens is 5. The molecule has 2 aromatic heterocycles. The number of rotatable bonds is 11. The molecular formula is C17H26N12O5S. The highest BCUT2D eigenvalue weighted by Crippen LogP contribution is 2.23. The number of amides is 2. The fraction of sp³-hybridized carbons (Fsp3) is 0.529. The fourth-order valence-electron chi connectivity index (χ4n) is 2.99. The average Bonchev–Trinajstić information content (AvgIpc) is 3.43. The number of aliphatic imine (C=N–C) groups is 1. The third kappa shape index (κ3) is 5.97. The number of likely N-dealkylation sites (tertiary alicyclic amines) is 1. The summed E-state index contributed by atoms with van der Waals surface area (Å²) < 4.78 is 0. The van der Waals surface area contributed by atoms with Gasteiger partial charge in [-0.3, -0.25) is 14.4 Å². The summed E-state index contributed by atoms with van der Waals surface area (Å²) >= 11 is 1.09. The normalized spacial score (nSPS) is 18.6. The number of nitrogen functional groups attached to an aromatic ring is 1. The molecule has 17 nitrogen and oxygen atoms in total. The Labute approximate surface area is 202 Å². The second-order valence-corrected chi connectivity index (χ2v) is 8.97. The first kappa shape index (κ1) is 25.7. The molecule has 9 N–H and O–H groups in total. The Bertz CT molecular complexity index is 1130. The molecule has 3 heterocycles. The van der Waals surface area contributed by atoms with Crippen LogP contribution < -0.4 is 28.0 Å². The van der Waals surface area contributed by atoms with Crippen molar-refractivity contribution in [3.63, 3.8) is 0 Å². The molecule has 1 aliphatic heterocycles. The SMILES string of the molecule is CN1C(=O)[C@@H](NC(=O)C(NOC(C)(C)C(=O)O)c2csc(N)n2)[C@H]1Cn1nnc(CN=C(N)N)n1. The zero-order valence-electron chi connectivity index (χ0n) is 19.1. The molecule has 1 unspecified atom stereocenters. The molecule has 2 amide bonds. The smallest absolute Gasteiger partial charge is 0.337 e. The number of hydrogen-bond acceptors (Lipinski definition) is 12. The fourth-order valence-corrected chi connectivity index (χ4v) is 3.58. The van der Waals surface area contributed by atoms with E-state index in [0.717, 1.165) is 11.3 Å². The van der Waals surface area contributed by atoms with Gasteiger partial charge in [0, 0.05) is 12.4 Å². The number of aliphatic carboxylic acids is 1. The molecule has 35 heavy (non-hydrogen) atoms. The van der Waals surface area contributed by atoms with Crippen LogP contribution >= 0.6 is 11.3 Å². The summed E-state index contributed by atoms with van der Waals surface area (Å²) in [6.07, 6.45) is 0. The molecular weight excluding hydrogens is 484 g/mol. The number of thiazole rings is 1. The Hall–Kier alpha value is -3.90. The molecule has 0 saturated carbocycles. The van der Waals surface area contributed by atoms with E-state index in [1.165, 1.54) is 28.9 Å². The van der Waals surface area contributed by atoms with Crippen molar-refractivity contribution in [2.75, 3.05) is 12.8 Å². The molecule has 2 aromatic rings. The Kier molecular flexibility index (Phi) is 7.46. The molecule has 0 radical (unpaired) electrons. The van der Waals surface area contributed by atoms with Crippen LogP contribution in [-0.4, -0.2) is 83.7 Å². The van der Waals surface area contributed by atoms with Gasteiger partial charge in [-0.15, -0.1) is 21.5 Å². The summed E-state index contributed by atoms with van der Waals surface area (Å²) in [5, 5.41) is 25.5. The number of carbonyl (C=O) groups is 3. The minimum absolute atomic E-state index is 0.0404. The highest BCUT2D eigenvalue weighted by Gasteiger charge is 2.47. The monoisotopic (exact) mass is 510 g/mol. The Morgan fingerprint density at radius 3 is 2.71 bits per heavy atom. The standard InChI is InChI=1S/C17H26N12O5S/c1-17(2,14(32)33)34-26-10(7-6-35-16(20)22-7)12(30)23-11-8(28(3)13(11)31)5-29-25-9(24-27-29)4-21-15(18)19/h6,8,10-11,26H,4-5H2,1-3H3,(H2,20,22)(H,23,30)(H,32,33)(H4,18,19,21)/t8-,10?,11+/m1/s1. The van der Waals surface area contributed by atoms with E-state index in [1.807, 2.05) is 0 Å². The summed E-state index contributed by atoms with van der Waals surface area (Å²) in [4.78, 5) is 52.8. The molecule has 3 atom stereocenters. The number of likely N-dealkylation sites (N-methyl/N-ethyl adjacent to an activating group) is 1. The molecule has 190 valence electrons. The molecule has 18 heteroatoms. The summed E-state index contributed by atoms with van der Waals surface area (Å²) in [5.74, 6) is -2.11. The van der Waals surface area contributed by atoms with Crippen LogP contribution in [0.25, 0.3) is 0 Å². The van der Waals surface area contributed by atoms with Crippen LogP contribution in [-0.2, 0) is 32.3 Å². The van der Waals surface area contributed by atoms with Gasteiger partial charge in [-0.05, 0) is 19.1 Å². The van der Waals surface area contributed by atoms with Gasteiger partial charge in [0.2, 0.25) is 11.8 Å². The van der Waals surface area contributed by atoms with Crippen LogP contribution in [0.2, 0.25) is 0 Å². The van der Waals surface area contributed by atoms with Crippen molar-refractivity contribution in [1.29, 1.82) is 0 Å². The van der Waals surface area contributed by atoms with Crippen molar-refractivity contribution in [2.24, 2.45) is 16.5 Å². The Morgan fingerprint density at radius 2 is 2.11 bits per heavy atom. The summed E-state index contributed by atoms with van der Waals surface area (Å²) in [6, 6.07) is -2.64. The van der Waals surface area contributed by atoms with Crippen molar-refractivity contribution >= 4 is 40.2 Å². The van der Waals surface area contributed by atoms with Crippen LogP contribution in [0.5, 0.6) is 0 Å². The highest BCUT2D eigenvalue weighted by molar-refractivity contribution is 7.13. The number of anilines is 1. The van der Waals surface area contributed by atoms with Crippen LogP contribution in [0.3, 0.4) is 0 Å². The van der Waals surface area contributed by atoms with Gasteiger partial charge < -0.3 is 32.5 Å². The number of carboxylic acid groups (broad SMARTS) is 1. The van der Waals surface area contributed by atoms with Gasteiger partial charge in [-0.1, -0.05) is 0 Å². The number of nitrogens with two attached hydrogens (primary N) is 3. The van der Waals surface area contributed by atoms with Crippen molar-refractivity contribution < 1.29 is 24.3 Å². The van der Waals surface area contributed by atoms with E-state index >= 15 is 0 Å². The van der Waals surface area contributed by atoms with Crippen molar-refractivity contribution in [2.45, 2.75) is 50.7 Å². The third-order valence-corrected chi connectivity index (χ3v) is 5.78. The maximum Gasteiger partial charge on any atom is 0.337 e. The van der Waals surface area contributed by atoms with Crippen molar-refractivity contribution in [3.8, 4) is 0 Å². The lowest BCUT2D eigenvalue weighted by Crippen LogP contribution is -2.71. The van der Waals surface area contributed by atoms with Crippen LogP contribution in [0, 0.1) is 0 Å². The number of carbonyl (C=O) groups excluding carboxylic acids is 2. The van der Waals surface area contributed by atoms with E-state index in [-0.39, 0.29) is 41.6 Å². The molecule has 1 aliphatic rings. The zero-order valence-corrected chi connectivity index (χ0v) is 19.9. The van der Waals surface area contributed by atoms with Crippen molar-refractivity contribution in [3.05, 3.63) is 16.9 Å². The van der Waals surface area contributed by atoms with Crippen molar-refractivity contribution in [1.82, 2.24) is 40.9 Å². The maximum absolute atomic E-state index is 13.1. The van der Waals surface area contributed by atoms with E-state index in [2.05, 4.69) is 36.2 Å². The van der Waals surface area contributed by atoms with E-state index in [0.29, 0.717) is 0 Å². The van der Waals surface area contributed by atoms with E-state index in [1.54, 1.807) is 7.05 Å². The van der Waals surface area contributed by atoms with Gasteiger partial charge in [0.1, 0.15) is 12.6 Å². The second-order valence-electron chi connectivity index (χ2n) is 8.08. The number of hydroxylamine groups is 1. The molecule has 0 bridgehead atoms. The minimum Gasteiger partial charge on any atom is -0.479 e. The molecule has 1 fully saturated rings. The third-order valence-electron chi connectivity index (χ3n) is 5.09. The zero-order chi connectivity index (χ0) is 25.9. The number of guanidine groups is 1. The second kappa shape index (κ2) is 10.2. The van der Waals surface area contributed by atoms with Gasteiger partial charge >= 0.3 is 5.97 Å². The van der Waals surface area contributed by atoms with Gasteiger partial charge in [0.25, 0.3) is 0 Å². The summed E-state index contributed by atoms with van der Waals surface area (Å²) in [6.45, 7) is 2.78. The number of carboxylic acids is 1. The van der Waals surface area contributed by atoms with Gasteiger partial charge in [0.05, 0.1) is 18.3 Å². The molecule has 0 aliphatic carbocycles. The summed E-state index contributed by atoms with van der Waals surface area (Å²) in [7, 11) is 1.57. The van der Waals surface area contributed by atoms with Gasteiger partial charge in [-0.25, -0.2) is 14.8 Å². The predicted octanol–water partition coefficient (Wildman–Crippen LogP) is -3.06. The topological polar surface area (TPSA) is 255 Å². The highest BCUT2D eigenvalue weighted by atomic mass is 32.1. The first-order valence-corrected chi connectivity index (χ1v) is 11.0. The van der Waals surface area contributed by atoms with Crippen LogP contribution in [0.1, 0.15) is 31.4 Å². The Morgan fingerprint density at radius 1 is 1.40 bits per heavy atom. The quantitative estimate of drug-likeness (QED) is 0.0760. The number of hydrogen-bond donors (Lipinski definition) is 6. The molecule has 0 spiro atoms. The minimum atomic E-state index is -1.65. The van der Waals surface area contributed by atoms with E-state index in [4.69, 9.17) is 22.0 Å². The number of nitrogens with one attached hydrogen (secondary N) is 2. The lowest BCUT2D eigenvalue weighted by molar-refractivity contribution is -0.176. The predicted molar refractivity (Wildman–Crippen MR) is 121 cm³/mol. The van der Waals surface area contributed by atoms with E-state index in [9.17, 15) is 19.5 Å². The lowest BCUT2D eigenvalue weighted by Gasteiger charge is -2.44. The Balaban J connectivity index is 1.71. The first-order valence-electron chi connectivity index (χ1n) is 10.2.